The van der Waals surface area contributed by atoms with Crippen LogP contribution in [0.25, 0.3) is 16.7 Å². The van der Waals surface area contributed by atoms with E-state index >= 15 is 0 Å². The Morgan fingerprint density at radius 3 is 1.45 bits per heavy atom. The SMILES string of the molecule is C1=CC(c2ccccc2)[C]([Zr](=[C](c2ccccc2)c2ccccc2)[CH]2c3ccccc3-c3ccccc32)=C1c1ccccc1. The van der Waals surface area contributed by atoms with Gasteiger partial charge >= 0.3 is 269 Å². The second-order valence-electron chi connectivity index (χ2n) is 11.6. The van der Waals surface area contributed by atoms with E-state index < -0.39 is 21.3 Å². The van der Waals surface area contributed by atoms with E-state index in [9.17, 15) is 0 Å². The molecule has 0 saturated carbocycles. The molecule has 6 aromatic carbocycles. The van der Waals surface area contributed by atoms with E-state index in [1.54, 1.807) is 6.49 Å². The summed E-state index contributed by atoms with van der Waals surface area (Å²) in [7, 11) is 0. The molecule has 1 atom stereocenters. The van der Waals surface area contributed by atoms with Crippen LogP contribution in [-0.4, -0.2) is 3.21 Å². The van der Waals surface area contributed by atoms with Crippen molar-refractivity contribution < 1.29 is 21.3 Å². The van der Waals surface area contributed by atoms with Crippen LogP contribution in [-0.2, 0) is 21.3 Å². The topological polar surface area (TPSA) is 0 Å². The predicted molar refractivity (Wildman–Crippen MR) is 182 cm³/mol. The molecule has 0 amide bonds. The molecule has 0 bridgehead atoms. The van der Waals surface area contributed by atoms with Gasteiger partial charge in [-0.05, 0) is 0 Å². The van der Waals surface area contributed by atoms with Gasteiger partial charge in [0.1, 0.15) is 0 Å². The normalized spacial score (nSPS) is 15.2. The van der Waals surface area contributed by atoms with Gasteiger partial charge in [-0.25, -0.2) is 0 Å². The van der Waals surface area contributed by atoms with Gasteiger partial charge in [-0.15, -0.1) is 0 Å². The van der Waals surface area contributed by atoms with Crippen LogP contribution < -0.4 is 0 Å². The van der Waals surface area contributed by atoms with Crippen LogP contribution in [0.4, 0.5) is 0 Å². The van der Waals surface area contributed by atoms with Gasteiger partial charge in [0.05, 0.1) is 0 Å². The second kappa shape index (κ2) is 11.9. The molecule has 0 radical (unpaired) electrons. The third kappa shape index (κ3) is 4.77. The van der Waals surface area contributed by atoms with Crippen LogP contribution in [0.5, 0.6) is 0 Å². The van der Waals surface area contributed by atoms with Gasteiger partial charge in [0, 0.05) is 0 Å². The standard InChI is InChI=1S/C17H13.C13H9.C13H10.Zr/c1-3-7-14(8-4-1)16-11-12-17(13-16)15-9-5-2-6-10-15;1-3-7-12-10(5-1)9-11-6-2-4-8-13(11)12;1-3-7-12(8-4-1)11-13-9-5-2-6-10-13;/h1-12,16H;1-9H;1-10H;. The van der Waals surface area contributed by atoms with Crippen molar-refractivity contribution in [2.75, 3.05) is 0 Å². The zero-order valence-corrected chi connectivity index (χ0v) is 26.9. The van der Waals surface area contributed by atoms with Crippen molar-refractivity contribution in [1.82, 2.24) is 0 Å². The number of rotatable bonds is 6. The first-order chi connectivity index (χ1) is 21.9. The van der Waals surface area contributed by atoms with Crippen molar-refractivity contribution >= 4 is 8.78 Å². The summed E-state index contributed by atoms with van der Waals surface area (Å²) in [5.74, 6) is 0.239. The first-order valence-corrected chi connectivity index (χ1v) is 19.3. The molecule has 0 fully saturated rings. The summed E-state index contributed by atoms with van der Waals surface area (Å²) in [6.45, 7) is 0. The number of benzene rings is 6. The van der Waals surface area contributed by atoms with Crippen LogP contribution in [0.2, 0.25) is 0 Å². The summed E-state index contributed by atoms with van der Waals surface area (Å²) in [6.07, 6.45) is 4.91. The zero-order valence-electron chi connectivity index (χ0n) is 24.5. The van der Waals surface area contributed by atoms with E-state index in [-0.39, 0.29) is 5.92 Å². The Balaban J connectivity index is 1.55. The Kier molecular flexibility index (Phi) is 7.35. The molecule has 0 N–H and O–H groups in total. The van der Waals surface area contributed by atoms with Crippen LogP contribution in [0, 0.1) is 0 Å². The fraction of sp³-hybridized carbons (Fsp3) is 0.0465. The summed E-state index contributed by atoms with van der Waals surface area (Å²) in [5, 5.41) is 0. The Morgan fingerprint density at radius 2 is 0.909 bits per heavy atom. The summed E-state index contributed by atoms with van der Waals surface area (Å²) >= 11 is -3.01. The second-order valence-corrected chi connectivity index (χ2v) is 17.6. The summed E-state index contributed by atoms with van der Waals surface area (Å²) in [6, 6.07) is 63.2. The minimum absolute atomic E-state index is 0.239. The Labute approximate surface area is 267 Å². The van der Waals surface area contributed by atoms with E-state index in [4.69, 9.17) is 0 Å². The first kappa shape index (κ1) is 27.1. The monoisotopic (exact) mass is 638 g/mol. The molecule has 208 valence electrons. The molecule has 0 aromatic heterocycles. The van der Waals surface area contributed by atoms with Crippen molar-refractivity contribution in [3.8, 4) is 11.1 Å². The Bertz CT molecular complexity index is 1950. The van der Waals surface area contributed by atoms with Crippen LogP contribution >= 0.6 is 0 Å². The maximum atomic E-state index is 2.48. The third-order valence-electron chi connectivity index (χ3n) is 9.11. The molecule has 1 heteroatoms. The Hall–Kier alpha value is -4.45. The van der Waals surface area contributed by atoms with E-state index in [0.29, 0.717) is 3.63 Å². The van der Waals surface area contributed by atoms with Gasteiger partial charge in [-0.1, -0.05) is 0 Å². The molecular weight excluding hydrogens is 608 g/mol. The van der Waals surface area contributed by atoms with Crippen LogP contribution in [0.1, 0.15) is 42.9 Å². The molecule has 2 aliphatic carbocycles. The fourth-order valence-electron chi connectivity index (χ4n) is 7.25. The van der Waals surface area contributed by atoms with E-state index in [0.717, 1.165) is 0 Å². The molecule has 1 unspecified atom stereocenters. The molecule has 0 aliphatic heterocycles. The van der Waals surface area contributed by atoms with Gasteiger partial charge < -0.3 is 0 Å². The van der Waals surface area contributed by atoms with Crippen LogP contribution in [0.3, 0.4) is 0 Å². The van der Waals surface area contributed by atoms with E-state index in [1.165, 1.54) is 50.1 Å². The van der Waals surface area contributed by atoms with Gasteiger partial charge in [0.2, 0.25) is 0 Å². The van der Waals surface area contributed by atoms with Gasteiger partial charge in [-0.3, -0.25) is 0 Å². The van der Waals surface area contributed by atoms with Crippen molar-refractivity contribution in [3.05, 3.63) is 219 Å². The minimum atomic E-state index is -3.01. The number of fused-ring (bicyclic) bond motifs is 3. The predicted octanol–water partition coefficient (Wildman–Crippen LogP) is 10.4. The first-order valence-electron chi connectivity index (χ1n) is 15.4. The van der Waals surface area contributed by atoms with Gasteiger partial charge in [0.25, 0.3) is 0 Å². The maximum absolute atomic E-state index is 3.01. The van der Waals surface area contributed by atoms with Gasteiger partial charge in [-0.2, -0.15) is 0 Å². The number of allylic oxidation sites excluding steroid dienone is 4. The number of hydrogen-bond acceptors (Lipinski definition) is 0. The third-order valence-corrected chi connectivity index (χ3v) is 17.7. The number of hydrogen-bond donors (Lipinski definition) is 0. The molecule has 2 aliphatic rings. The fourth-order valence-corrected chi connectivity index (χ4v) is 17.2. The Morgan fingerprint density at radius 1 is 0.455 bits per heavy atom. The van der Waals surface area contributed by atoms with Crippen molar-refractivity contribution in [1.29, 1.82) is 0 Å². The molecular formula is C43H32Zr. The summed E-state index contributed by atoms with van der Waals surface area (Å²) in [5.41, 5.74) is 12.6. The van der Waals surface area contributed by atoms with Crippen LogP contribution in [0.15, 0.2) is 185 Å². The molecule has 6 aromatic rings. The molecule has 0 saturated heterocycles. The summed E-state index contributed by atoms with van der Waals surface area (Å²) < 4.78 is 3.57. The molecule has 0 heterocycles. The zero-order chi connectivity index (χ0) is 29.3. The van der Waals surface area contributed by atoms with Crippen molar-refractivity contribution in [2.24, 2.45) is 0 Å². The molecule has 44 heavy (non-hydrogen) atoms. The average Bonchev–Trinajstić information content (AvgIpc) is 3.69. The van der Waals surface area contributed by atoms with E-state index in [2.05, 4.69) is 182 Å². The molecule has 0 spiro atoms. The molecule has 8 rings (SSSR count). The summed E-state index contributed by atoms with van der Waals surface area (Å²) in [4.78, 5) is 0. The molecule has 0 nitrogen and oxygen atoms in total. The average molecular weight is 640 g/mol. The quantitative estimate of drug-likeness (QED) is 0.170. The van der Waals surface area contributed by atoms with Gasteiger partial charge in [0.15, 0.2) is 0 Å². The van der Waals surface area contributed by atoms with Crippen molar-refractivity contribution in [3.63, 3.8) is 0 Å². The van der Waals surface area contributed by atoms with Crippen molar-refractivity contribution in [2.45, 2.75) is 9.54 Å². The van der Waals surface area contributed by atoms with E-state index in [1.807, 2.05) is 0 Å².